The molecule has 0 aromatic carbocycles. The van der Waals surface area contributed by atoms with Crippen LogP contribution in [0.25, 0.3) is 0 Å². The van der Waals surface area contributed by atoms with E-state index in [1.807, 2.05) is 0 Å². The SMILES string of the molecule is CC1CC(Nc2cc(=O)[nH]cn2)C1. The number of anilines is 1. The summed E-state index contributed by atoms with van der Waals surface area (Å²) in [7, 11) is 0. The highest BCUT2D eigenvalue weighted by Crippen LogP contribution is 2.28. The summed E-state index contributed by atoms with van der Waals surface area (Å²) in [5, 5.41) is 3.22. The quantitative estimate of drug-likeness (QED) is 0.711. The number of nitrogens with zero attached hydrogens (tertiary/aromatic N) is 1. The smallest absolute Gasteiger partial charge is 0.252 e. The predicted octanol–water partition coefficient (Wildman–Crippen LogP) is 0.980. The van der Waals surface area contributed by atoms with Gasteiger partial charge in [0.25, 0.3) is 5.56 Å². The topological polar surface area (TPSA) is 57.8 Å². The zero-order chi connectivity index (χ0) is 9.26. The van der Waals surface area contributed by atoms with Crippen LogP contribution in [0.15, 0.2) is 17.2 Å². The van der Waals surface area contributed by atoms with Gasteiger partial charge in [-0.15, -0.1) is 0 Å². The maximum absolute atomic E-state index is 10.9. The Morgan fingerprint density at radius 1 is 1.62 bits per heavy atom. The van der Waals surface area contributed by atoms with Crippen molar-refractivity contribution in [3.8, 4) is 0 Å². The number of H-pyrrole nitrogens is 1. The van der Waals surface area contributed by atoms with E-state index in [2.05, 4.69) is 22.2 Å². The Morgan fingerprint density at radius 2 is 2.38 bits per heavy atom. The Kier molecular flexibility index (Phi) is 2.04. The molecule has 0 atom stereocenters. The van der Waals surface area contributed by atoms with Gasteiger partial charge in [0.1, 0.15) is 5.82 Å². The van der Waals surface area contributed by atoms with Gasteiger partial charge in [-0.3, -0.25) is 4.79 Å². The van der Waals surface area contributed by atoms with Crippen LogP contribution in [-0.2, 0) is 0 Å². The van der Waals surface area contributed by atoms with Crippen LogP contribution in [0.5, 0.6) is 0 Å². The van der Waals surface area contributed by atoms with E-state index in [-0.39, 0.29) is 5.56 Å². The van der Waals surface area contributed by atoms with Crippen molar-refractivity contribution in [2.45, 2.75) is 25.8 Å². The van der Waals surface area contributed by atoms with Crippen molar-refractivity contribution in [2.24, 2.45) is 5.92 Å². The van der Waals surface area contributed by atoms with Crippen molar-refractivity contribution in [2.75, 3.05) is 5.32 Å². The number of nitrogens with one attached hydrogen (secondary N) is 2. The number of aromatic amines is 1. The molecule has 1 aromatic rings. The molecule has 4 nitrogen and oxygen atoms in total. The van der Waals surface area contributed by atoms with Crippen molar-refractivity contribution in [1.82, 2.24) is 9.97 Å². The molecule has 13 heavy (non-hydrogen) atoms. The van der Waals surface area contributed by atoms with Crippen LogP contribution in [0.3, 0.4) is 0 Å². The zero-order valence-electron chi connectivity index (χ0n) is 7.58. The van der Waals surface area contributed by atoms with Gasteiger partial charge in [0.15, 0.2) is 0 Å². The first kappa shape index (κ1) is 8.29. The molecule has 2 rings (SSSR count). The predicted molar refractivity (Wildman–Crippen MR) is 50.7 cm³/mol. The summed E-state index contributed by atoms with van der Waals surface area (Å²) in [6.45, 7) is 2.23. The fraction of sp³-hybridized carbons (Fsp3) is 0.556. The fourth-order valence-corrected chi connectivity index (χ4v) is 1.68. The molecular formula is C9H13N3O. The molecule has 1 aromatic heterocycles. The van der Waals surface area contributed by atoms with E-state index in [9.17, 15) is 4.79 Å². The third kappa shape index (κ3) is 1.88. The van der Waals surface area contributed by atoms with Gasteiger partial charge in [0.2, 0.25) is 0 Å². The van der Waals surface area contributed by atoms with Crippen molar-refractivity contribution in [3.63, 3.8) is 0 Å². The van der Waals surface area contributed by atoms with Gasteiger partial charge in [0, 0.05) is 12.1 Å². The molecule has 1 aliphatic carbocycles. The van der Waals surface area contributed by atoms with E-state index in [1.54, 1.807) is 0 Å². The Bertz CT molecular complexity index is 341. The average Bonchev–Trinajstić information content (AvgIpc) is 2.01. The normalized spacial score (nSPS) is 26.5. The van der Waals surface area contributed by atoms with E-state index in [1.165, 1.54) is 25.2 Å². The first-order valence-corrected chi connectivity index (χ1v) is 4.55. The highest BCUT2D eigenvalue weighted by Gasteiger charge is 2.25. The monoisotopic (exact) mass is 179 g/mol. The van der Waals surface area contributed by atoms with Crippen molar-refractivity contribution in [1.29, 1.82) is 0 Å². The van der Waals surface area contributed by atoms with Crippen LogP contribution in [0, 0.1) is 5.92 Å². The number of hydrogen-bond donors (Lipinski definition) is 2. The summed E-state index contributed by atoms with van der Waals surface area (Å²) in [5.74, 6) is 1.49. The van der Waals surface area contributed by atoms with Gasteiger partial charge in [-0.2, -0.15) is 0 Å². The molecular weight excluding hydrogens is 166 g/mol. The van der Waals surface area contributed by atoms with Crippen LogP contribution < -0.4 is 10.9 Å². The summed E-state index contributed by atoms with van der Waals surface area (Å²) in [6, 6.07) is 1.99. The minimum absolute atomic E-state index is 0.107. The lowest BCUT2D eigenvalue weighted by Gasteiger charge is -2.33. The van der Waals surface area contributed by atoms with Crippen molar-refractivity contribution in [3.05, 3.63) is 22.7 Å². The van der Waals surface area contributed by atoms with E-state index in [0.29, 0.717) is 11.9 Å². The van der Waals surface area contributed by atoms with Gasteiger partial charge in [0.05, 0.1) is 6.33 Å². The maximum atomic E-state index is 10.9. The lowest BCUT2D eigenvalue weighted by Crippen LogP contribution is -2.34. The molecule has 70 valence electrons. The lowest BCUT2D eigenvalue weighted by molar-refractivity contribution is 0.308. The second kappa shape index (κ2) is 3.20. The molecule has 0 bridgehead atoms. The van der Waals surface area contributed by atoms with E-state index in [4.69, 9.17) is 0 Å². The molecule has 0 radical (unpaired) electrons. The largest absolute Gasteiger partial charge is 0.367 e. The Labute approximate surface area is 76.4 Å². The van der Waals surface area contributed by atoms with E-state index in [0.717, 1.165) is 5.92 Å². The molecule has 0 saturated heterocycles. The fourth-order valence-electron chi connectivity index (χ4n) is 1.68. The molecule has 2 N–H and O–H groups in total. The van der Waals surface area contributed by atoms with Crippen LogP contribution >= 0.6 is 0 Å². The highest BCUT2D eigenvalue weighted by molar-refractivity contribution is 5.33. The summed E-state index contributed by atoms with van der Waals surface area (Å²) in [6.07, 6.45) is 3.77. The van der Waals surface area contributed by atoms with Crippen LogP contribution in [-0.4, -0.2) is 16.0 Å². The molecule has 1 aliphatic rings. The van der Waals surface area contributed by atoms with Crippen LogP contribution in [0.4, 0.5) is 5.82 Å². The standard InChI is InChI=1S/C9H13N3O/c1-6-2-7(3-6)12-8-4-9(13)11-5-10-8/h4-7H,2-3H2,1H3,(H2,10,11,12,13). The maximum Gasteiger partial charge on any atom is 0.252 e. The third-order valence-corrected chi connectivity index (χ3v) is 2.40. The summed E-state index contributed by atoms with van der Waals surface area (Å²) in [5.41, 5.74) is -0.107. The molecule has 0 aliphatic heterocycles. The second-order valence-electron chi connectivity index (χ2n) is 3.71. The van der Waals surface area contributed by atoms with Crippen molar-refractivity contribution >= 4 is 5.82 Å². The number of rotatable bonds is 2. The van der Waals surface area contributed by atoms with E-state index < -0.39 is 0 Å². The lowest BCUT2D eigenvalue weighted by atomic mass is 9.82. The Morgan fingerprint density at radius 3 is 3.00 bits per heavy atom. The molecule has 0 spiro atoms. The summed E-state index contributed by atoms with van der Waals surface area (Å²) >= 11 is 0. The van der Waals surface area contributed by atoms with Gasteiger partial charge >= 0.3 is 0 Å². The molecule has 0 unspecified atom stereocenters. The summed E-state index contributed by atoms with van der Waals surface area (Å²) in [4.78, 5) is 17.4. The third-order valence-electron chi connectivity index (χ3n) is 2.40. The zero-order valence-corrected chi connectivity index (χ0v) is 7.58. The second-order valence-corrected chi connectivity index (χ2v) is 3.71. The molecule has 4 heteroatoms. The Balaban J connectivity index is 1.98. The molecule has 1 saturated carbocycles. The minimum Gasteiger partial charge on any atom is -0.367 e. The van der Waals surface area contributed by atoms with Crippen molar-refractivity contribution < 1.29 is 0 Å². The molecule has 1 fully saturated rings. The van der Waals surface area contributed by atoms with Gasteiger partial charge in [-0.25, -0.2) is 4.98 Å². The molecule has 1 heterocycles. The highest BCUT2D eigenvalue weighted by atomic mass is 16.1. The van der Waals surface area contributed by atoms with Crippen LogP contribution in [0.2, 0.25) is 0 Å². The number of hydrogen-bond acceptors (Lipinski definition) is 3. The minimum atomic E-state index is -0.107. The first-order chi connectivity index (χ1) is 6.24. The van der Waals surface area contributed by atoms with Gasteiger partial charge in [-0.05, 0) is 18.8 Å². The summed E-state index contributed by atoms with van der Waals surface area (Å²) < 4.78 is 0. The Hall–Kier alpha value is -1.32. The molecule has 0 amide bonds. The number of aromatic nitrogens is 2. The van der Waals surface area contributed by atoms with Gasteiger partial charge < -0.3 is 10.3 Å². The van der Waals surface area contributed by atoms with E-state index >= 15 is 0 Å². The first-order valence-electron chi connectivity index (χ1n) is 4.55. The average molecular weight is 179 g/mol. The van der Waals surface area contributed by atoms with Crippen LogP contribution in [0.1, 0.15) is 19.8 Å². The van der Waals surface area contributed by atoms with Gasteiger partial charge in [-0.1, -0.05) is 6.92 Å².